The molecule has 0 bridgehead atoms. The van der Waals surface area contributed by atoms with Gasteiger partial charge in [-0.2, -0.15) is 16.7 Å². The molecule has 0 aliphatic carbocycles. The Hall–Kier alpha value is -1.36. The third-order valence-corrected chi connectivity index (χ3v) is 4.09. The van der Waals surface area contributed by atoms with Gasteiger partial charge in [0.1, 0.15) is 5.52 Å². The van der Waals surface area contributed by atoms with Crippen molar-refractivity contribution in [3.63, 3.8) is 0 Å². The Morgan fingerprint density at radius 1 is 1.53 bits per heavy atom. The summed E-state index contributed by atoms with van der Waals surface area (Å²) in [5.41, 5.74) is 8.10. The number of para-hydroxylation sites is 1. The molecule has 2 N–H and O–H groups in total. The first-order valence-corrected chi connectivity index (χ1v) is 6.80. The summed E-state index contributed by atoms with van der Waals surface area (Å²) in [4.78, 5) is 6.69. The minimum absolute atomic E-state index is 0.621. The molecule has 4 nitrogen and oxygen atoms in total. The maximum absolute atomic E-state index is 5.88. The van der Waals surface area contributed by atoms with E-state index < -0.39 is 0 Å². The molecule has 2 aromatic rings. The van der Waals surface area contributed by atoms with Gasteiger partial charge >= 0.3 is 0 Å². The lowest BCUT2D eigenvalue weighted by Gasteiger charge is -2.28. The highest BCUT2D eigenvalue weighted by Crippen LogP contribution is 2.28. The quantitative estimate of drug-likeness (QED) is 0.786. The maximum atomic E-state index is 5.88. The lowest BCUT2D eigenvalue weighted by Crippen LogP contribution is -2.36. The molecule has 90 valence electrons. The van der Waals surface area contributed by atoms with Crippen molar-refractivity contribution in [3.8, 4) is 0 Å². The molecule has 0 saturated carbocycles. The molecule has 1 saturated heterocycles. The van der Waals surface area contributed by atoms with Gasteiger partial charge in [0.05, 0.1) is 5.69 Å². The fourth-order valence-corrected chi connectivity index (χ4v) is 3.10. The van der Waals surface area contributed by atoms with Gasteiger partial charge in [-0.15, -0.1) is 0 Å². The first-order chi connectivity index (χ1) is 8.24. The predicted molar refractivity (Wildman–Crippen MR) is 72.6 cm³/mol. The molecule has 1 aromatic heterocycles. The summed E-state index contributed by atoms with van der Waals surface area (Å²) in [5.74, 6) is 1.12. The molecule has 3 rings (SSSR count). The van der Waals surface area contributed by atoms with Gasteiger partial charge in [-0.05, 0) is 12.1 Å². The topological polar surface area (TPSA) is 55.3 Å². The number of hydrogen-bond donors (Lipinski definition) is 1. The molecule has 0 radical (unpaired) electrons. The number of fused-ring (bicyclic) bond motifs is 1. The van der Waals surface area contributed by atoms with Crippen molar-refractivity contribution in [2.24, 2.45) is 0 Å². The molecule has 0 spiro atoms. The molecule has 5 heteroatoms. The third-order valence-electron chi connectivity index (χ3n) is 2.95. The van der Waals surface area contributed by atoms with Crippen LogP contribution in [0.5, 0.6) is 0 Å². The molecular formula is C12H15N3OS. The SMILES string of the molecule is CC1CN(c2nc3c(N)cccc3o2)CCS1. The number of hydrogen-bond acceptors (Lipinski definition) is 5. The molecule has 1 unspecified atom stereocenters. The number of rotatable bonds is 1. The van der Waals surface area contributed by atoms with Crippen LogP contribution in [0.1, 0.15) is 6.92 Å². The zero-order valence-electron chi connectivity index (χ0n) is 9.72. The van der Waals surface area contributed by atoms with E-state index in [9.17, 15) is 0 Å². The molecule has 0 amide bonds. The number of aromatic nitrogens is 1. The third kappa shape index (κ3) is 1.95. The Labute approximate surface area is 104 Å². The van der Waals surface area contributed by atoms with Gasteiger partial charge in [-0.1, -0.05) is 13.0 Å². The average molecular weight is 249 g/mol. The highest BCUT2D eigenvalue weighted by molar-refractivity contribution is 8.00. The van der Waals surface area contributed by atoms with Crippen LogP contribution >= 0.6 is 11.8 Å². The van der Waals surface area contributed by atoms with Gasteiger partial charge in [-0.25, -0.2) is 0 Å². The van der Waals surface area contributed by atoms with Crippen LogP contribution in [-0.2, 0) is 0 Å². The fourth-order valence-electron chi connectivity index (χ4n) is 2.09. The molecule has 1 aromatic carbocycles. The van der Waals surface area contributed by atoms with Crippen LogP contribution in [-0.4, -0.2) is 29.1 Å². The molecule has 1 aliphatic heterocycles. The van der Waals surface area contributed by atoms with Crippen molar-refractivity contribution in [1.82, 2.24) is 4.98 Å². The average Bonchev–Trinajstić information content (AvgIpc) is 2.74. The lowest BCUT2D eigenvalue weighted by atomic mass is 10.3. The summed E-state index contributed by atoms with van der Waals surface area (Å²) < 4.78 is 5.76. The molecular weight excluding hydrogens is 234 g/mol. The summed E-state index contributed by atoms with van der Waals surface area (Å²) in [5, 5.41) is 0.621. The number of nitrogens with zero attached hydrogens (tertiary/aromatic N) is 2. The molecule has 1 aliphatic rings. The van der Waals surface area contributed by atoms with E-state index >= 15 is 0 Å². The van der Waals surface area contributed by atoms with E-state index in [1.54, 1.807) is 0 Å². The number of benzene rings is 1. The van der Waals surface area contributed by atoms with Crippen molar-refractivity contribution < 1.29 is 4.42 Å². The second kappa shape index (κ2) is 4.14. The number of thioether (sulfide) groups is 1. The van der Waals surface area contributed by atoms with Gasteiger partial charge in [0.15, 0.2) is 5.58 Å². The second-order valence-electron chi connectivity index (χ2n) is 4.32. The maximum Gasteiger partial charge on any atom is 0.298 e. The van der Waals surface area contributed by atoms with Gasteiger partial charge < -0.3 is 15.1 Å². The number of nitrogen functional groups attached to an aromatic ring is 1. The van der Waals surface area contributed by atoms with E-state index in [1.807, 2.05) is 30.0 Å². The number of nitrogens with two attached hydrogens (primary N) is 1. The number of oxazole rings is 1. The molecule has 1 atom stereocenters. The first kappa shape index (κ1) is 10.8. The van der Waals surface area contributed by atoms with E-state index in [-0.39, 0.29) is 0 Å². The summed E-state index contributed by atoms with van der Waals surface area (Å²) in [6.07, 6.45) is 0. The fraction of sp³-hybridized carbons (Fsp3) is 0.417. The van der Waals surface area contributed by atoms with E-state index in [2.05, 4.69) is 16.8 Å². The van der Waals surface area contributed by atoms with Crippen LogP contribution in [0.2, 0.25) is 0 Å². The smallest absolute Gasteiger partial charge is 0.298 e. The van der Waals surface area contributed by atoms with Crippen molar-refractivity contribution in [2.75, 3.05) is 29.5 Å². The highest BCUT2D eigenvalue weighted by atomic mass is 32.2. The summed E-state index contributed by atoms with van der Waals surface area (Å²) in [7, 11) is 0. The van der Waals surface area contributed by atoms with Gasteiger partial charge in [0.2, 0.25) is 0 Å². The van der Waals surface area contributed by atoms with Crippen molar-refractivity contribution >= 4 is 34.6 Å². The summed E-state index contributed by atoms with van der Waals surface area (Å²) in [6.45, 7) is 4.20. The lowest BCUT2D eigenvalue weighted by molar-refractivity contribution is 0.567. The molecule has 2 heterocycles. The van der Waals surface area contributed by atoms with Gasteiger partial charge in [0, 0.05) is 24.1 Å². The van der Waals surface area contributed by atoms with Crippen molar-refractivity contribution in [3.05, 3.63) is 18.2 Å². The standard InChI is InChI=1S/C12H15N3OS/c1-8-7-15(5-6-17-8)12-14-11-9(13)3-2-4-10(11)16-12/h2-4,8H,5-7,13H2,1H3. The minimum Gasteiger partial charge on any atom is -0.423 e. The van der Waals surface area contributed by atoms with Crippen LogP contribution in [0.15, 0.2) is 22.6 Å². The largest absolute Gasteiger partial charge is 0.423 e. The Kier molecular flexibility index (Phi) is 2.63. The summed E-state index contributed by atoms with van der Waals surface area (Å²) in [6, 6.07) is 6.35. The van der Waals surface area contributed by atoms with Gasteiger partial charge in [-0.3, -0.25) is 0 Å². The van der Waals surface area contributed by atoms with E-state index in [4.69, 9.17) is 10.2 Å². The monoisotopic (exact) mass is 249 g/mol. The second-order valence-corrected chi connectivity index (χ2v) is 5.86. The van der Waals surface area contributed by atoms with Crippen molar-refractivity contribution in [2.45, 2.75) is 12.2 Å². The van der Waals surface area contributed by atoms with Crippen LogP contribution in [0.3, 0.4) is 0 Å². The number of anilines is 2. The van der Waals surface area contributed by atoms with Crippen LogP contribution in [0.4, 0.5) is 11.7 Å². The highest BCUT2D eigenvalue weighted by Gasteiger charge is 2.21. The van der Waals surface area contributed by atoms with E-state index in [1.165, 1.54) is 0 Å². The van der Waals surface area contributed by atoms with Crippen molar-refractivity contribution in [1.29, 1.82) is 0 Å². The first-order valence-electron chi connectivity index (χ1n) is 5.75. The summed E-state index contributed by atoms with van der Waals surface area (Å²) >= 11 is 1.99. The van der Waals surface area contributed by atoms with Gasteiger partial charge in [0.25, 0.3) is 6.01 Å². The predicted octanol–water partition coefficient (Wildman–Crippen LogP) is 2.35. The normalized spacial score (nSPS) is 21.0. The van der Waals surface area contributed by atoms with E-state index in [0.717, 1.165) is 29.9 Å². The van der Waals surface area contributed by atoms with Crippen LogP contribution < -0.4 is 10.6 Å². The minimum atomic E-state index is 0.621. The Morgan fingerprint density at radius 3 is 3.18 bits per heavy atom. The Morgan fingerprint density at radius 2 is 2.41 bits per heavy atom. The Balaban J connectivity index is 1.97. The zero-order chi connectivity index (χ0) is 11.8. The molecule has 1 fully saturated rings. The van der Waals surface area contributed by atoms with Crippen LogP contribution in [0.25, 0.3) is 11.1 Å². The van der Waals surface area contributed by atoms with Crippen LogP contribution in [0, 0.1) is 0 Å². The zero-order valence-corrected chi connectivity index (χ0v) is 10.5. The van der Waals surface area contributed by atoms with E-state index in [0.29, 0.717) is 17.0 Å². The molecule has 17 heavy (non-hydrogen) atoms. The Bertz CT molecular complexity index is 540.